The van der Waals surface area contributed by atoms with Crippen molar-refractivity contribution in [1.29, 1.82) is 0 Å². The predicted molar refractivity (Wildman–Crippen MR) is 193 cm³/mol. The lowest BCUT2D eigenvalue weighted by molar-refractivity contribution is -0.307. The van der Waals surface area contributed by atoms with Crippen molar-refractivity contribution < 1.29 is 47.5 Å². The molecule has 22 heteroatoms. The maximum absolute atomic E-state index is 13.7. The number of carbonyl (C=O) groups is 4. The summed E-state index contributed by atoms with van der Waals surface area (Å²) in [5.74, 6) is -6.59. The number of nitrogens with zero attached hydrogens (tertiary/aromatic N) is 4. The molecular formula is C31H20N4O12S6-4. The number of carboxylic acid groups (broad SMARTS) is 3. The number of thiocarbonyl (C=S) groups is 1. The molecule has 4 aromatic rings. The van der Waals surface area contributed by atoms with Crippen molar-refractivity contribution in [1.82, 2.24) is 14.0 Å². The van der Waals surface area contributed by atoms with E-state index in [4.69, 9.17) is 12.2 Å². The largest absolute Gasteiger partial charge is 0.748 e. The number of thiazole rings is 2. The Morgan fingerprint density at radius 1 is 0.792 bits per heavy atom. The summed E-state index contributed by atoms with van der Waals surface area (Å²) in [6.07, 6.45) is 2.92. The van der Waals surface area contributed by atoms with Crippen LogP contribution in [0.1, 0.15) is 6.42 Å². The van der Waals surface area contributed by atoms with Gasteiger partial charge in [0, 0.05) is 22.6 Å². The first-order chi connectivity index (χ1) is 25.0. The number of hydrogen-bond donors (Lipinski definition) is 0. The van der Waals surface area contributed by atoms with Crippen LogP contribution in [0.4, 0.5) is 5.69 Å². The molecule has 0 aliphatic carbocycles. The van der Waals surface area contributed by atoms with Gasteiger partial charge in [-0.2, -0.15) is 0 Å². The number of anilines is 1. The molecule has 1 saturated heterocycles. The summed E-state index contributed by atoms with van der Waals surface area (Å²) in [5, 5.41) is 37.0. The van der Waals surface area contributed by atoms with Crippen molar-refractivity contribution in [3.8, 4) is 0 Å². The van der Waals surface area contributed by atoms with E-state index in [2.05, 4.69) is 0 Å². The monoisotopic (exact) mass is 832 g/mol. The number of allylic oxidation sites excluding steroid dienone is 1. The van der Waals surface area contributed by atoms with Gasteiger partial charge in [-0.1, -0.05) is 66.1 Å². The van der Waals surface area contributed by atoms with E-state index in [0.29, 0.717) is 48.9 Å². The van der Waals surface area contributed by atoms with Crippen LogP contribution in [0, 0.1) is 9.20 Å². The lowest BCUT2D eigenvalue weighted by Crippen LogP contribution is -2.41. The van der Waals surface area contributed by atoms with Crippen molar-refractivity contribution in [3.05, 3.63) is 86.6 Å². The van der Waals surface area contributed by atoms with Gasteiger partial charge >= 0.3 is 0 Å². The quantitative estimate of drug-likeness (QED) is 0.108. The smallest absolute Gasteiger partial charge is 0.272 e. The molecule has 53 heavy (non-hydrogen) atoms. The van der Waals surface area contributed by atoms with E-state index in [1.54, 1.807) is 6.08 Å². The fourth-order valence-electron chi connectivity index (χ4n) is 5.52. The zero-order valence-electron chi connectivity index (χ0n) is 26.5. The van der Waals surface area contributed by atoms with E-state index in [-0.39, 0.29) is 40.6 Å². The number of hydrogen-bond acceptors (Lipinski definition) is 18. The average Bonchev–Trinajstić information content (AvgIpc) is 3.77. The van der Waals surface area contributed by atoms with Gasteiger partial charge in [-0.15, -0.1) is 22.7 Å². The van der Waals surface area contributed by atoms with Gasteiger partial charge in [-0.3, -0.25) is 28.4 Å². The molecule has 6 rings (SSSR count). The standard InChI is InChI=1S/C31H24N4O12S6/c36-20(37)12-33-26(42)18(8-9-19-32(10-3-11-53(45,46)47)23-16-5-2-1-4-15(16)6-7-17(23)49-19)50-29(33)24-27(43)34(13-21(38)39)30(51-24)25-28(44)35(14-22(40)41)31(48)52-25/h1-2,4-9H,3,10-14H2,(H,36,37)(H,38,39)(H,40,41)(H,45,46,47)/p-4/b18-8?,19-9?,29-24+,30-25+. The Kier molecular flexibility index (Phi) is 10.8. The van der Waals surface area contributed by atoms with Crippen LogP contribution in [0.5, 0.6) is 0 Å². The first-order valence-corrected chi connectivity index (χ1v) is 20.2. The zero-order valence-corrected chi connectivity index (χ0v) is 31.4. The highest BCUT2D eigenvalue weighted by atomic mass is 32.2. The van der Waals surface area contributed by atoms with Crippen LogP contribution in [-0.4, -0.2) is 74.0 Å². The predicted octanol–water partition coefficient (Wildman–Crippen LogP) is -3.04. The van der Waals surface area contributed by atoms with Crippen LogP contribution in [0.25, 0.3) is 21.8 Å². The molecule has 4 heterocycles. The molecule has 0 bridgehead atoms. The molecule has 0 saturated carbocycles. The zero-order chi connectivity index (χ0) is 38.4. The summed E-state index contributed by atoms with van der Waals surface area (Å²) in [7, 11) is -4.51. The van der Waals surface area contributed by atoms with Gasteiger partial charge in [-0.25, -0.2) is 8.42 Å². The molecule has 2 aliphatic heterocycles. The summed E-state index contributed by atoms with van der Waals surface area (Å²) >= 11 is 8.30. The summed E-state index contributed by atoms with van der Waals surface area (Å²) in [4.78, 5) is 78.3. The normalized spacial score (nSPS) is 17.4. The van der Waals surface area contributed by atoms with Gasteiger partial charge in [0.1, 0.15) is 23.1 Å². The van der Waals surface area contributed by atoms with Gasteiger partial charge < -0.3 is 39.2 Å². The van der Waals surface area contributed by atoms with Gasteiger partial charge in [0.2, 0.25) is 0 Å². The van der Waals surface area contributed by atoms with Crippen molar-refractivity contribution in [2.24, 2.45) is 0 Å². The lowest BCUT2D eigenvalue weighted by atomic mass is 10.1. The highest BCUT2D eigenvalue weighted by Crippen LogP contribution is 2.49. The van der Waals surface area contributed by atoms with E-state index in [1.807, 2.05) is 41.3 Å². The molecule has 2 aromatic heterocycles. The topological polar surface area (TPSA) is 245 Å². The second-order valence-corrected chi connectivity index (χ2v) is 17.4. The molecule has 0 radical (unpaired) electrons. The molecule has 276 valence electrons. The Balaban J connectivity index is 1.56. The van der Waals surface area contributed by atoms with E-state index in [0.717, 1.165) is 25.9 Å². The van der Waals surface area contributed by atoms with Crippen LogP contribution in [0.2, 0.25) is 0 Å². The Hall–Kier alpha value is -4.58. The van der Waals surface area contributed by atoms with Crippen molar-refractivity contribution in [2.45, 2.75) is 24.4 Å². The number of aromatic nitrogens is 2. The molecular weight excluding hydrogens is 813 g/mol. The minimum Gasteiger partial charge on any atom is -0.748 e. The number of thioether (sulfide) groups is 2. The number of carboxylic acids is 3. The molecule has 1 amide bonds. The van der Waals surface area contributed by atoms with E-state index in [1.165, 1.54) is 17.8 Å². The summed E-state index contributed by atoms with van der Waals surface area (Å²) in [6, 6.07) is 11.3. The average molecular weight is 833 g/mol. The van der Waals surface area contributed by atoms with Gasteiger partial charge in [0.25, 0.3) is 17.0 Å². The van der Waals surface area contributed by atoms with Crippen LogP contribution in [0.15, 0.2) is 62.0 Å². The van der Waals surface area contributed by atoms with Gasteiger partial charge in [0.05, 0.1) is 62.9 Å². The van der Waals surface area contributed by atoms with Crippen LogP contribution >= 0.6 is 58.4 Å². The summed E-state index contributed by atoms with van der Waals surface area (Å²) in [6.45, 7) is -2.84. The molecule has 16 nitrogen and oxygen atoms in total. The maximum Gasteiger partial charge on any atom is 0.272 e. The summed E-state index contributed by atoms with van der Waals surface area (Å²) < 4.78 is 34.6. The number of fused-ring (bicyclic) bond motifs is 3. The van der Waals surface area contributed by atoms with E-state index in [9.17, 15) is 57.1 Å². The Morgan fingerprint density at radius 3 is 2.11 bits per heavy atom. The third-order valence-corrected chi connectivity index (χ3v) is 13.6. The first-order valence-electron chi connectivity index (χ1n) is 15.0. The fraction of sp³-hybridized carbons (Fsp3) is 0.194. The fourth-order valence-corrected chi connectivity index (χ4v) is 10.8. The molecule has 2 aromatic carbocycles. The summed E-state index contributed by atoms with van der Waals surface area (Å²) in [5.41, 5.74) is -1.10. The molecule has 2 aliphatic rings. The van der Waals surface area contributed by atoms with Crippen molar-refractivity contribution >= 4 is 124 Å². The molecule has 0 N–H and O–H groups in total. The second-order valence-electron chi connectivity index (χ2n) is 11.2. The Labute approximate surface area is 318 Å². The minimum absolute atomic E-state index is 0.0116. The third-order valence-electron chi connectivity index (χ3n) is 7.66. The Bertz CT molecular complexity index is 2770. The van der Waals surface area contributed by atoms with Crippen LogP contribution in [0.3, 0.4) is 0 Å². The number of aliphatic carboxylic acids is 3. The molecule has 0 spiro atoms. The van der Waals surface area contributed by atoms with E-state index >= 15 is 0 Å². The highest BCUT2D eigenvalue weighted by molar-refractivity contribution is 8.30. The first kappa shape index (κ1) is 38.2. The minimum atomic E-state index is -4.51. The van der Waals surface area contributed by atoms with E-state index < -0.39 is 70.4 Å². The van der Waals surface area contributed by atoms with Crippen molar-refractivity contribution in [3.63, 3.8) is 0 Å². The highest BCUT2D eigenvalue weighted by Gasteiger charge is 2.34. The molecule has 0 unspecified atom stereocenters. The molecule has 0 atom stereocenters. The SMILES string of the molecule is O=C([O-])CN1C(=O)/C(=c2\s/c(=c3/sc(=CC=C4Sc5ccc6ccccc6c5N4CCCS(=O)(=O)[O-])c(=O)n3CC(=O)[O-])c(=O)n2CC(=O)[O-])SC1=S. The van der Waals surface area contributed by atoms with Gasteiger partial charge in [-0.05, 0) is 30.0 Å². The van der Waals surface area contributed by atoms with Gasteiger partial charge in [0.15, 0.2) is 0 Å². The maximum atomic E-state index is 13.7. The van der Waals surface area contributed by atoms with Crippen LogP contribution in [-0.2, 0) is 42.4 Å². The second kappa shape index (κ2) is 15.0. The molecule has 1 fully saturated rings. The number of benzene rings is 2. The lowest BCUT2D eigenvalue weighted by Gasteiger charge is -2.22. The Morgan fingerprint density at radius 2 is 1.45 bits per heavy atom. The third kappa shape index (κ3) is 7.88. The number of amides is 1. The number of carbonyl (C=O) groups excluding carboxylic acids is 4. The number of rotatable bonds is 11. The van der Waals surface area contributed by atoms with Crippen molar-refractivity contribution in [2.75, 3.05) is 23.7 Å². The van der Waals surface area contributed by atoms with Crippen LogP contribution < -0.4 is 40.5 Å².